The second-order valence-corrected chi connectivity index (χ2v) is 7.16. The average Bonchev–Trinajstić information content (AvgIpc) is 3.08. The summed E-state index contributed by atoms with van der Waals surface area (Å²) < 4.78 is 0. The molecule has 0 unspecified atom stereocenters. The van der Waals surface area contributed by atoms with Crippen molar-refractivity contribution in [1.29, 1.82) is 0 Å². The minimum atomic E-state index is -0.0462. The quantitative estimate of drug-likeness (QED) is 0.923. The average molecular weight is 329 g/mol. The zero-order valence-corrected chi connectivity index (χ0v) is 14.5. The predicted octanol–water partition coefficient (Wildman–Crippen LogP) is 2.56. The summed E-state index contributed by atoms with van der Waals surface area (Å²) in [6.45, 7) is 3.33. The number of nitrogens with zero attached hydrogens (tertiary/aromatic N) is 2. The van der Waals surface area contributed by atoms with E-state index in [-0.39, 0.29) is 11.8 Å². The minimum absolute atomic E-state index is 0.0462. The number of hydrogen-bond donors (Lipinski definition) is 1. The molecule has 5 nitrogen and oxygen atoms in total. The number of rotatable bonds is 4. The van der Waals surface area contributed by atoms with Gasteiger partial charge in [0.05, 0.1) is 0 Å². The van der Waals surface area contributed by atoms with Gasteiger partial charge in [-0.3, -0.25) is 14.6 Å². The van der Waals surface area contributed by atoms with Crippen molar-refractivity contribution >= 4 is 11.8 Å². The van der Waals surface area contributed by atoms with Crippen LogP contribution in [-0.2, 0) is 11.2 Å². The molecule has 0 bridgehead atoms. The van der Waals surface area contributed by atoms with E-state index in [0.717, 1.165) is 45.2 Å². The molecule has 130 valence electrons. The predicted molar refractivity (Wildman–Crippen MR) is 92.6 cm³/mol. The van der Waals surface area contributed by atoms with Gasteiger partial charge in [0.25, 0.3) is 5.91 Å². The Morgan fingerprint density at radius 3 is 2.58 bits per heavy atom. The number of carbonyl (C=O) groups excluding carboxylic acids is 2. The molecule has 1 aromatic heterocycles. The van der Waals surface area contributed by atoms with E-state index in [0.29, 0.717) is 17.7 Å². The Morgan fingerprint density at radius 2 is 1.92 bits per heavy atom. The third-order valence-electron chi connectivity index (χ3n) is 5.33. The zero-order valence-electron chi connectivity index (χ0n) is 14.5. The van der Waals surface area contributed by atoms with E-state index in [1.165, 1.54) is 18.4 Å². The van der Waals surface area contributed by atoms with Crippen LogP contribution in [0.25, 0.3) is 0 Å². The second-order valence-electron chi connectivity index (χ2n) is 7.16. The van der Waals surface area contributed by atoms with Crippen molar-refractivity contribution in [1.82, 2.24) is 15.2 Å². The van der Waals surface area contributed by atoms with Crippen molar-refractivity contribution < 1.29 is 9.59 Å². The van der Waals surface area contributed by atoms with Crippen LogP contribution in [0.2, 0.25) is 0 Å². The smallest absolute Gasteiger partial charge is 0.270 e. The lowest BCUT2D eigenvalue weighted by molar-refractivity contribution is -0.130. The summed E-state index contributed by atoms with van der Waals surface area (Å²) in [5.41, 5.74) is 1.70. The number of likely N-dealkylation sites (tertiary alicyclic amines) is 1. The van der Waals surface area contributed by atoms with Crippen LogP contribution >= 0.6 is 0 Å². The monoisotopic (exact) mass is 329 g/mol. The van der Waals surface area contributed by atoms with Crippen LogP contribution in [-0.4, -0.2) is 40.8 Å². The fraction of sp³-hybridized carbons (Fsp3) is 0.632. The topological polar surface area (TPSA) is 62.3 Å². The first-order valence-electron chi connectivity index (χ1n) is 9.13. The second kappa shape index (κ2) is 7.77. The third kappa shape index (κ3) is 4.34. The Balaban J connectivity index is 1.55. The van der Waals surface area contributed by atoms with E-state index in [4.69, 9.17) is 0 Å². The van der Waals surface area contributed by atoms with Gasteiger partial charge in [0, 0.05) is 32.3 Å². The first-order valence-corrected chi connectivity index (χ1v) is 9.13. The molecule has 2 heterocycles. The Morgan fingerprint density at radius 1 is 1.21 bits per heavy atom. The molecule has 0 radical (unpaired) electrons. The van der Waals surface area contributed by atoms with Crippen molar-refractivity contribution in [3.63, 3.8) is 0 Å². The van der Waals surface area contributed by atoms with Gasteiger partial charge in [-0.25, -0.2) is 0 Å². The standard InChI is InChI=1S/C19H27N3O2/c1-14(23)22-10-7-15(8-11-22)12-16-6-9-20-18(13-16)19(24)21-17-4-2-3-5-17/h6,9,13,15,17H,2-5,7-8,10-12H2,1H3,(H,21,24). The normalized spacial score (nSPS) is 19.5. The maximum atomic E-state index is 12.3. The van der Waals surface area contributed by atoms with Gasteiger partial charge in [0.15, 0.2) is 0 Å². The van der Waals surface area contributed by atoms with Gasteiger partial charge in [0.2, 0.25) is 5.91 Å². The van der Waals surface area contributed by atoms with E-state index in [9.17, 15) is 9.59 Å². The Hall–Kier alpha value is -1.91. The molecular weight excluding hydrogens is 302 g/mol. The maximum Gasteiger partial charge on any atom is 0.270 e. The lowest BCUT2D eigenvalue weighted by Gasteiger charge is -2.31. The molecule has 5 heteroatoms. The fourth-order valence-electron chi connectivity index (χ4n) is 3.84. The van der Waals surface area contributed by atoms with Crippen molar-refractivity contribution in [2.75, 3.05) is 13.1 Å². The molecule has 3 rings (SSSR count). The van der Waals surface area contributed by atoms with Crippen LogP contribution < -0.4 is 5.32 Å². The highest BCUT2D eigenvalue weighted by molar-refractivity contribution is 5.92. The summed E-state index contributed by atoms with van der Waals surface area (Å²) in [4.78, 5) is 29.9. The number of carbonyl (C=O) groups is 2. The molecule has 1 aromatic rings. The lowest BCUT2D eigenvalue weighted by atomic mass is 9.90. The zero-order chi connectivity index (χ0) is 16.9. The van der Waals surface area contributed by atoms with Crippen LogP contribution in [0.1, 0.15) is 61.5 Å². The highest BCUT2D eigenvalue weighted by Gasteiger charge is 2.22. The Bertz CT molecular complexity index is 588. The van der Waals surface area contributed by atoms with Crippen molar-refractivity contribution in [2.45, 2.75) is 57.9 Å². The van der Waals surface area contributed by atoms with Crippen molar-refractivity contribution in [2.24, 2.45) is 5.92 Å². The molecule has 1 aliphatic carbocycles. The van der Waals surface area contributed by atoms with Gasteiger partial charge in [0.1, 0.15) is 5.69 Å². The van der Waals surface area contributed by atoms with E-state index < -0.39 is 0 Å². The third-order valence-corrected chi connectivity index (χ3v) is 5.33. The molecular formula is C19H27N3O2. The van der Waals surface area contributed by atoms with E-state index >= 15 is 0 Å². The van der Waals surface area contributed by atoms with Crippen LogP contribution in [0.3, 0.4) is 0 Å². The molecule has 0 aromatic carbocycles. The molecule has 2 amide bonds. The summed E-state index contributed by atoms with van der Waals surface area (Å²) in [5, 5.41) is 3.10. The summed E-state index contributed by atoms with van der Waals surface area (Å²) >= 11 is 0. The maximum absolute atomic E-state index is 12.3. The Labute approximate surface area is 143 Å². The van der Waals surface area contributed by atoms with Crippen LogP contribution in [0, 0.1) is 5.92 Å². The molecule has 2 fully saturated rings. The molecule has 1 aliphatic heterocycles. The number of piperidine rings is 1. The number of aromatic nitrogens is 1. The first kappa shape index (κ1) is 16.9. The molecule has 1 saturated carbocycles. The van der Waals surface area contributed by atoms with E-state index in [1.54, 1.807) is 13.1 Å². The van der Waals surface area contributed by atoms with Crippen molar-refractivity contribution in [3.8, 4) is 0 Å². The van der Waals surface area contributed by atoms with E-state index in [1.807, 2.05) is 17.0 Å². The largest absolute Gasteiger partial charge is 0.348 e. The number of nitrogens with one attached hydrogen (secondary N) is 1. The first-order chi connectivity index (χ1) is 11.6. The minimum Gasteiger partial charge on any atom is -0.348 e. The van der Waals surface area contributed by atoms with Crippen LogP contribution in [0.15, 0.2) is 18.3 Å². The highest BCUT2D eigenvalue weighted by Crippen LogP contribution is 2.22. The number of hydrogen-bond acceptors (Lipinski definition) is 3. The molecule has 0 atom stereocenters. The molecule has 0 spiro atoms. The number of amides is 2. The van der Waals surface area contributed by atoms with Crippen LogP contribution in [0.5, 0.6) is 0 Å². The summed E-state index contributed by atoms with van der Waals surface area (Å²) in [6, 6.07) is 4.25. The van der Waals surface area contributed by atoms with Gasteiger partial charge in [-0.15, -0.1) is 0 Å². The molecule has 1 saturated heterocycles. The highest BCUT2D eigenvalue weighted by atomic mass is 16.2. The van der Waals surface area contributed by atoms with E-state index in [2.05, 4.69) is 10.3 Å². The summed E-state index contributed by atoms with van der Waals surface area (Å²) in [6.07, 6.45) is 9.34. The molecule has 2 aliphatic rings. The van der Waals surface area contributed by atoms with Gasteiger partial charge >= 0.3 is 0 Å². The molecule has 24 heavy (non-hydrogen) atoms. The van der Waals surface area contributed by atoms with Gasteiger partial charge in [-0.1, -0.05) is 12.8 Å². The summed E-state index contributed by atoms with van der Waals surface area (Å²) in [7, 11) is 0. The molecule has 1 N–H and O–H groups in total. The Kier molecular flexibility index (Phi) is 5.48. The van der Waals surface area contributed by atoms with Crippen molar-refractivity contribution in [3.05, 3.63) is 29.6 Å². The van der Waals surface area contributed by atoms with Gasteiger partial charge < -0.3 is 10.2 Å². The fourth-order valence-corrected chi connectivity index (χ4v) is 3.84. The number of pyridine rings is 1. The SMILES string of the molecule is CC(=O)N1CCC(Cc2ccnc(C(=O)NC3CCCC3)c2)CC1. The lowest BCUT2D eigenvalue weighted by Crippen LogP contribution is -2.37. The van der Waals surface area contributed by atoms with Crippen LogP contribution in [0.4, 0.5) is 0 Å². The summed E-state index contributed by atoms with van der Waals surface area (Å²) in [5.74, 6) is 0.701. The van der Waals surface area contributed by atoms with Gasteiger partial charge in [-0.05, 0) is 55.7 Å². The van der Waals surface area contributed by atoms with Gasteiger partial charge in [-0.2, -0.15) is 0 Å².